The monoisotopic (exact) mass is 435 g/mol. The van der Waals surface area contributed by atoms with Gasteiger partial charge in [0.05, 0.1) is 6.26 Å². The molecule has 0 aliphatic rings. The molecular weight excluding hydrogens is 414 g/mol. The van der Waals surface area contributed by atoms with E-state index in [9.17, 15) is 4.79 Å². The summed E-state index contributed by atoms with van der Waals surface area (Å²) in [7, 11) is 0. The van der Waals surface area contributed by atoms with Crippen LogP contribution in [0.4, 0.5) is 5.13 Å². The van der Waals surface area contributed by atoms with E-state index >= 15 is 0 Å². The zero-order chi connectivity index (χ0) is 21.6. The van der Waals surface area contributed by atoms with Crippen molar-refractivity contribution in [3.63, 3.8) is 0 Å². The van der Waals surface area contributed by atoms with Crippen LogP contribution in [0.25, 0.3) is 23.2 Å². The van der Waals surface area contributed by atoms with Crippen LogP contribution in [0.5, 0.6) is 0 Å². The van der Waals surface area contributed by atoms with Crippen LogP contribution in [0.15, 0.2) is 53.1 Å². The summed E-state index contributed by atoms with van der Waals surface area (Å²) in [4.78, 5) is 13.2. The Morgan fingerprint density at radius 2 is 1.94 bits per heavy atom. The van der Waals surface area contributed by atoms with Crippen molar-refractivity contribution in [2.75, 3.05) is 5.32 Å². The van der Waals surface area contributed by atoms with Crippen LogP contribution in [-0.4, -0.2) is 36.3 Å². The Kier molecular flexibility index (Phi) is 6.27. The molecule has 3 aromatic heterocycles. The number of hydrogen-bond donors (Lipinski definition) is 1. The van der Waals surface area contributed by atoms with E-state index in [-0.39, 0.29) is 5.70 Å². The molecule has 1 aromatic carbocycles. The summed E-state index contributed by atoms with van der Waals surface area (Å²) < 4.78 is 6.79. The molecule has 0 aliphatic carbocycles. The van der Waals surface area contributed by atoms with E-state index in [4.69, 9.17) is 4.42 Å². The Labute approximate surface area is 182 Å². The Balaban J connectivity index is 1.68. The van der Waals surface area contributed by atoms with E-state index in [0.717, 1.165) is 23.4 Å². The number of aromatic nitrogens is 6. The van der Waals surface area contributed by atoms with Gasteiger partial charge in [0.1, 0.15) is 16.5 Å². The fourth-order valence-electron chi connectivity index (χ4n) is 3.10. The largest absolute Gasteiger partial charge is 0.465 e. The van der Waals surface area contributed by atoms with Crippen molar-refractivity contribution in [2.45, 2.75) is 32.6 Å². The summed E-state index contributed by atoms with van der Waals surface area (Å²) in [6.45, 7) is 4.22. The van der Waals surface area contributed by atoms with Crippen molar-refractivity contribution < 1.29 is 9.21 Å². The first-order valence-electron chi connectivity index (χ1n) is 9.93. The highest BCUT2D eigenvalue weighted by molar-refractivity contribution is 7.15. The molecule has 0 spiro atoms. The lowest BCUT2D eigenvalue weighted by molar-refractivity contribution is -0.111. The lowest BCUT2D eigenvalue weighted by Gasteiger charge is -2.09. The summed E-state index contributed by atoms with van der Waals surface area (Å²) >= 11 is 1.38. The first-order chi connectivity index (χ1) is 15.2. The molecule has 0 aliphatic heterocycles. The van der Waals surface area contributed by atoms with Crippen molar-refractivity contribution in [1.82, 2.24) is 30.4 Å². The molecule has 0 saturated carbocycles. The zero-order valence-electron chi connectivity index (χ0n) is 17.1. The number of amides is 1. The van der Waals surface area contributed by atoms with Gasteiger partial charge in [0, 0.05) is 17.6 Å². The maximum atomic E-state index is 13.2. The van der Waals surface area contributed by atoms with E-state index in [0.29, 0.717) is 22.6 Å². The van der Waals surface area contributed by atoms with Crippen LogP contribution in [0.1, 0.15) is 43.4 Å². The van der Waals surface area contributed by atoms with Gasteiger partial charge in [-0.05, 0) is 35.4 Å². The minimum atomic E-state index is -0.423. The number of benzene rings is 1. The molecule has 31 heavy (non-hydrogen) atoms. The van der Waals surface area contributed by atoms with Crippen LogP contribution in [0.2, 0.25) is 0 Å². The number of rotatable bonds is 8. The van der Waals surface area contributed by atoms with Crippen LogP contribution in [0.3, 0.4) is 0 Å². The third-order valence-corrected chi connectivity index (χ3v) is 5.78. The highest BCUT2D eigenvalue weighted by atomic mass is 32.1. The number of carbonyl (C=O) groups is 1. The van der Waals surface area contributed by atoms with Crippen LogP contribution >= 0.6 is 11.3 Å². The second-order valence-corrected chi connectivity index (χ2v) is 7.75. The van der Waals surface area contributed by atoms with Crippen molar-refractivity contribution in [2.24, 2.45) is 0 Å². The van der Waals surface area contributed by atoms with Crippen molar-refractivity contribution >= 4 is 34.1 Å². The van der Waals surface area contributed by atoms with Crippen LogP contribution in [-0.2, 0) is 4.79 Å². The Morgan fingerprint density at radius 1 is 1.13 bits per heavy atom. The number of carbonyl (C=O) groups excluding carboxylic acids is 1. The van der Waals surface area contributed by atoms with Crippen LogP contribution < -0.4 is 5.32 Å². The minimum Gasteiger partial charge on any atom is -0.465 e. The average Bonchev–Trinajstić information content (AvgIpc) is 3.56. The van der Waals surface area contributed by atoms with Gasteiger partial charge in [0.15, 0.2) is 5.82 Å². The number of tetrazole rings is 1. The van der Waals surface area contributed by atoms with Crippen LogP contribution in [0, 0.1) is 0 Å². The van der Waals surface area contributed by atoms with Gasteiger partial charge in [0.2, 0.25) is 5.13 Å². The molecule has 0 atom stereocenters. The first-order valence-corrected chi connectivity index (χ1v) is 10.7. The van der Waals surface area contributed by atoms with Gasteiger partial charge in [-0.1, -0.05) is 55.5 Å². The van der Waals surface area contributed by atoms with Gasteiger partial charge in [0.25, 0.3) is 5.91 Å². The summed E-state index contributed by atoms with van der Waals surface area (Å²) in [6, 6.07) is 12.9. The van der Waals surface area contributed by atoms with E-state index in [1.807, 2.05) is 30.3 Å². The molecule has 0 unspecified atom stereocenters. The molecule has 0 bridgehead atoms. The topological polar surface area (TPSA) is 112 Å². The Morgan fingerprint density at radius 3 is 2.65 bits per heavy atom. The number of nitrogens with zero attached hydrogens (tertiary/aromatic N) is 6. The van der Waals surface area contributed by atoms with Crippen molar-refractivity contribution in [1.29, 1.82) is 0 Å². The third kappa shape index (κ3) is 4.58. The van der Waals surface area contributed by atoms with Gasteiger partial charge in [-0.25, -0.2) is 0 Å². The lowest BCUT2D eigenvalue weighted by Crippen LogP contribution is -2.19. The minimum absolute atomic E-state index is 0.193. The fourth-order valence-corrected chi connectivity index (χ4v) is 4.10. The number of anilines is 1. The molecule has 1 amide bonds. The van der Waals surface area contributed by atoms with E-state index in [1.54, 1.807) is 18.2 Å². The summed E-state index contributed by atoms with van der Waals surface area (Å²) in [5, 5.41) is 24.5. The molecule has 10 heteroatoms. The highest BCUT2D eigenvalue weighted by Crippen LogP contribution is 2.29. The molecular formula is C21H21N7O2S. The third-order valence-electron chi connectivity index (χ3n) is 4.78. The molecule has 158 valence electrons. The van der Waals surface area contributed by atoms with Gasteiger partial charge in [-0.3, -0.25) is 10.1 Å². The van der Waals surface area contributed by atoms with Crippen molar-refractivity contribution in [3.05, 3.63) is 59.5 Å². The Hall–Kier alpha value is -3.66. The first kappa shape index (κ1) is 20.6. The highest BCUT2D eigenvalue weighted by Gasteiger charge is 2.22. The molecule has 0 fully saturated rings. The molecule has 0 radical (unpaired) electrons. The van der Waals surface area contributed by atoms with E-state index in [1.165, 1.54) is 22.3 Å². The standard InChI is InChI=1S/C21H21N7O2S/c1-3-14(4-2)20-24-25-21(31-20)22-19(29)17(13-16-11-8-12-30-16)28-18(23-26-27-28)15-9-6-5-7-10-15/h5-14H,3-4H2,1-2H3,(H,22,25,29)/b17-13-. The zero-order valence-corrected chi connectivity index (χ0v) is 17.9. The van der Waals surface area contributed by atoms with Crippen molar-refractivity contribution in [3.8, 4) is 11.4 Å². The molecule has 3 heterocycles. The normalized spacial score (nSPS) is 11.8. The fraction of sp³-hybridized carbons (Fsp3) is 0.238. The van der Waals surface area contributed by atoms with Gasteiger partial charge >= 0.3 is 0 Å². The van der Waals surface area contributed by atoms with Gasteiger partial charge in [-0.15, -0.1) is 15.3 Å². The maximum absolute atomic E-state index is 13.2. The maximum Gasteiger partial charge on any atom is 0.276 e. The molecule has 4 aromatic rings. The smallest absolute Gasteiger partial charge is 0.276 e. The predicted molar refractivity (Wildman–Crippen MR) is 118 cm³/mol. The molecule has 4 rings (SSSR count). The second kappa shape index (κ2) is 9.43. The lowest BCUT2D eigenvalue weighted by atomic mass is 10.1. The number of hydrogen-bond acceptors (Lipinski definition) is 8. The van der Waals surface area contributed by atoms with Gasteiger partial charge < -0.3 is 4.42 Å². The number of furan rings is 1. The quantitative estimate of drug-likeness (QED) is 0.410. The second-order valence-electron chi connectivity index (χ2n) is 6.74. The SMILES string of the molecule is CCC(CC)c1nnc(NC(=O)/C(=C/c2ccco2)n2nnnc2-c2ccccc2)s1. The van der Waals surface area contributed by atoms with E-state index in [2.05, 4.69) is 44.9 Å². The average molecular weight is 436 g/mol. The predicted octanol–water partition coefficient (Wildman–Crippen LogP) is 4.33. The van der Waals surface area contributed by atoms with Gasteiger partial charge in [-0.2, -0.15) is 4.68 Å². The molecule has 0 saturated heterocycles. The Bertz CT molecular complexity index is 1160. The summed E-state index contributed by atoms with van der Waals surface area (Å²) in [5.41, 5.74) is 0.968. The summed E-state index contributed by atoms with van der Waals surface area (Å²) in [6.07, 6.45) is 5.05. The summed E-state index contributed by atoms with van der Waals surface area (Å²) in [5.74, 6) is 0.830. The number of nitrogens with one attached hydrogen (secondary N) is 1. The van der Waals surface area contributed by atoms with E-state index < -0.39 is 5.91 Å². The molecule has 1 N–H and O–H groups in total. The molecule has 9 nitrogen and oxygen atoms in total.